The smallest absolute Gasteiger partial charge is 0.0907 e. The third-order valence-corrected chi connectivity index (χ3v) is 4.72. The second kappa shape index (κ2) is 5.80. The number of nitrogens with zero attached hydrogens (tertiary/aromatic N) is 1. The molecule has 0 fully saturated rings. The zero-order valence-electron chi connectivity index (χ0n) is 11.0. The van der Waals surface area contributed by atoms with E-state index in [2.05, 4.69) is 30.2 Å². The van der Waals surface area contributed by atoms with Gasteiger partial charge in [0.25, 0.3) is 0 Å². The summed E-state index contributed by atoms with van der Waals surface area (Å²) in [5.74, 6) is 2.23. The van der Waals surface area contributed by atoms with Crippen LogP contribution in [0.2, 0.25) is 0 Å². The van der Waals surface area contributed by atoms with Crippen LogP contribution in [0.3, 0.4) is 0 Å². The third-order valence-electron chi connectivity index (χ3n) is 2.64. The zero-order chi connectivity index (χ0) is 13.1. The third kappa shape index (κ3) is 3.09. The minimum atomic E-state index is 0.412. The van der Waals surface area contributed by atoms with Crippen molar-refractivity contribution >= 4 is 44.7 Å². The standard InChI is InChI=1S/C13H19N3S2/c1-4-17-7-8(2)15-11-6-12-13(5-10(11)14)18-9(3)16-12/h5-6,8,15H,4,7,14H2,1-3H3. The predicted molar refractivity (Wildman–Crippen MR) is 84.9 cm³/mol. The maximum atomic E-state index is 6.08. The van der Waals surface area contributed by atoms with E-state index in [0.717, 1.165) is 38.1 Å². The number of anilines is 2. The first-order chi connectivity index (χ1) is 8.60. The summed E-state index contributed by atoms with van der Waals surface area (Å²) in [6.45, 7) is 6.38. The average Bonchev–Trinajstić information content (AvgIpc) is 2.66. The lowest BCUT2D eigenvalue weighted by molar-refractivity contribution is 0.914. The van der Waals surface area contributed by atoms with Gasteiger partial charge in [-0.05, 0) is 31.7 Å². The number of fused-ring (bicyclic) bond motifs is 1. The highest BCUT2D eigenvalue weighted by Gasteiger charge is 2.08. The fourth-order valence-electron chi connectivity index (χ4n) is 1.83. The highest BCUT2D eigenvalue weighted by atomic mass is 32.2. The van der Waals surface area contributed by atoms with E-state index in [1.165, 1.54) is 0 Å². The van der Waals surface area contributed by atoms with Gasteiger partial charge in [-0.1, -0.05) is 6.92 Å². The molecule has 98 valence electrons. The van der Waals surface area contributed by atoms with Crippen LogP contribution in [-0.2, 0) is 0 Å². The molecule has 0 saturated heterocycles. The molecule has 3 N–H and O–H groups in total. The van der Waals surface area contributed by atoms with Crippen molar-refractivity contribution in [1.82, 2.24) is 4.98 Å². The molecule has 3 nitrogen and oxygen atoms in total. The topological polar surface area (TPSA) is 50.9 Å². The number of aromatic nitrogens is 1. The Hall–Kier alpha value is -0.940. The van der Waals surface area contributed by atoms with Crippen LogP contribution in [0.4, 0.5) is 11.4 Å². The van der Waals surface area contributed by atoms with Crippen LogP contribution in [0.1, 0.15) is 18.9 Å². The molecule has 5 heteroatoms. The van der Waals surface area contributed by atoms with E-state index in [-0.39, 0.29) is 0 Å². The predicted octanol–water partition coefficient (Wildman–Crippen LogP) is 3.74. The molecule has 2 rings (SSSR count). The summed E-state index contributed by atoms with van der Waals surface area (Å²) in [6, 6.07) is 4.48. The summed E-state index contributed by atoms with van der Waals surface area (Å²) in [7, 11) is 0. The van der Waals surface area contributed by atoms with Crippen molar-refractivity contribution in [2.45, 2.75) is 26.8 Å². The first-order valence-corrected chi connectivity index (χ1v) is 8.08. The van der Waals surface area contributed by atoms with Crippen molar-refractivity contribution in [1.29, 1.82) is 0 Å². The Morgan fingerprint density at radius 2 is 2.28 bits per heavy atom. The van der Waals surface area contributed by atoms with Crippen LogP contribution < -0.4 is 11.1 Å². The van der Waals surface area contributed by atoms with E-state index in [1.807, 2.05) is 24.8 Å². The van der Waals surface area contributed by atoms with Crippen molar-refractivity contribution in [3.8, 4) is 0 Å². The van der Waals surface area contributed by atoms with Gasteiger partial charge in [0.2, 0.25) is 0 Å². The number of nitrogens with two attached hydrogens (primary N) is 1. The van der Waals surface area contributed by atoms with Gasteiger partial charge in [-0.15, -0.1) is 11.3 Å². The van der Waals surface area contributed by atoms with Crippen molar-refractivity contribution < 1.29 is 0 Å². The number of hydrogen-bond donors (Lipinski definition) is 2. The van der Waals surface area contributed by atoms with Gasteiger partial charge in [-0.25, -0.2) is 4.98 Å². The molecule has 0 aliphatic carbocycles. The lowest BCUT2D eigenvalue weighted by atomic mass is 10.2. The molecule has 0 saturated carbocycles. The number of nitrogens with one attached hydrogen (secondary N) is 1. The normalized spacial score (nSPS) is 12.8. The van der Waals surface area contributed by atoms with Gasteiger partial charge in [0.15, 0.2) is 0 Å². The summed E-state index contributed by atoms with van der Waals surface area (Å²) in [4.78, 5) is 4.50. The van der Waals surface area contributed by atoms with E-state index < -0.39 is 0 Å². The molecule has 2 aromatic rings. The lowest BCUT2D eigenvalue weighted by Crippen LogP contribution is -2.18. The minimum Gasteiger partial charge on any atom is -0.397 e. The molecule has 18 heavy (non-hydrogen) atoms. The number of hydrogen-bond acceptors (Lipinski definition) is 5. The number of thioether (sulfide) groups is 1. The van der Waals surface area contributed by atoms with E-state index in [1.54, 1.807) is 11.3 Å². The molecular formula is C13H19N3S2. The zero-order valence-corrected chi connectivity index (χ0v) is 12.6. The Balaban J connectivity index is 2.19. The molecule has 0 spiro atoms. The van der Waals surface area contributed by atoms with E-state index in [0.29, 0.717) is 6.04 Å². The molecule has 1 heterocycles. The fraction of sp³-hybridized carbons (Fsp3) is 0.462. The minimum absolute atomic E-state index is 0.412. The Morgan fingerprint density at radius 3 is 3.00 bits per heavy atom. The molecule has 1 atom stereocenters. The van der Waals surface area contributed by atoms with Crippen LogP contribution in [-0.4, -0.2) is 22.5 Å². The molecule has 0 radical (unpaired) electrons. The largest absolute Gasteiger partial charge is 0.397 e. The number of thiazole rings is 1. The molecule has 1 unspecified atom stereocenters. The van der Waals surface area contributed by atoms with Gasteiger partial charge >= 0.3 is 0 Å². The van der Waals surface area contributed by atoms with Crippen molar-refractivity contribution in [3.05, 3.63) is 17.1 Å². The van der Waals surface area contributed by atoms with Crippen molar-refractivity contribution in [2.75, 3.05) is 22.6 Å². The lowest BCUT2D eigenvalue weighted by Gasteiger charge is -2.16. The van der Waals surface area contributed by atoms with Crippen molar-refractivity contribution in [2.24, 2.45) is 0 Å². The Morgan fingerprint density at radius 1 is 1.50 bits per heavy atom. The van der Waals surface area contributed by atoms with Gasteiger partial charge in [0.1, 0.15) is 0 Å². The second-order valence-corrected chi connectivity index (χ2v) is 6.90. The van der Waals surface area contributed by atoms with E-state index in [4.69, 9.17) is 5.73 Å². The number of rotatable bonds is 5. The number of aryl methyl sites for hydroxylation is 1. The molecule has 1 aromatic heterocycles. The van der Waals surface area contributed by atoms with Crippen LogP contribution in [0.5, 0.6) is 0 Å². The first-order valence-electron chi connectivity index (χ1n) is 6.11. The summed E-state index contributed by atoms with van der Waals surface area (Å²) >= 11 is 3.62. The molecule has 0 aliphatic rings. The van der Waals surface area contributed by atoms with Gasteiger partial charge in [0.05, 0.1) is 26.6 Å². The Kier molecular flexibility index (Phi) is 4.35. The van der Waals surface area contributed by atoms with Crippen molar-refractivity contribution in [3.63, 3.8) is 0 Å². The van der Waals surface area contributed by atoms with E-state index in [9.17, 15) is 0 Å². The quantitative estimate of drug-likeness (QED) is 0.820. The summed E-state index contributed by atoms with van der Waals surface area (Å²) in [5.41, 5.74) is 8.92. The maximum absolute atomic E-state index is 6.08. The monoisotopic (exact) mass is 281 g/mol. The highest BCUT2D eigenvalue weighted by molar-refractivity contribution is 7.99. The SMILES string of the molecule is CCSCC(C)Nc1cc2nc(C)sc2cc1N. The van der Waals surface area contributed by atoms with Gasteiger partial charge in [-0.2, -0.15) is 11.8 Å². The molecule has 0 bridgehead atoms. The van der Waals surface area contributed by atoms with Gasteiger partial charge in [0, 0.05) is 11.8 Å². The maximum Gasteiger partial charge on any atom is 0.0907 e. The number of nitrogen functional groups attached to an aromatic ring is 1. The molecule has 1 aromatic carbocycles. The first kappa shape index (κ1) is 13.5. The molecule has 0 aliphatic heterocycles. The van der Waals surface area contributed by atoms with Crippen LogP contribution in [0, 0.1) is 6.92 Å². The van der Waals surface area contributed by atoms with Gasteiger partial charge < -0.3 is 11.1 Å². The molecular weight excluding hydrogens is 262 g/mol. The molecule has 0 amide bonds. The Labute approximate surface area is 116 Å². The summed E-state index contributed by atoms with van der Waals surface area (Å²) in [5, 5.41) is 4.54. The van der Waals surface area contributed by atoms with Gasteiger partial charge in [-0.3, -0.25) is 0 Å². The number of benzene rings is 1. The van der Waals surface area contributed by atoms with Crippen LogP contribution >= 0.6 is 23.1 Å². The van der Waals surface area contributed by atoms with Crippen LogP contribution in [0.25, 0.3) is 10.2 Å². The second-order valence-electron chi connectivity index (χ2n) is 4.34. The summed E-state index contributed by atoms with van der Waals surface area (Å²) in [6.07, 6.45) is 0. The highest BCUT2D eigenvalue weighted by Crippen LogP contribution is 2.30. The Bertz CT molecular complexity index is 536. The van der Waals surface area contributed by atoms with E-state index >= 15 is 0 Å². The summed E-state index contributed by atoms with van der Waals surface area (Å²) < 4.78 is 1.16. The van der Waals surface area contributed by atoms with Crippen LogP contribution in [0.15, 0.2) is 12.1 Å². The average molecular weight is 281 g/mol. The fourth-order valence-corrected chi connectivity index (χ4v) is 3.36.